The predicted molar refractivity (Wildman–Crippen MR) is 232 cm³/mol. The van der Waals surface area contributed by atoms with Gasteiger partial charge in [0.1, 0.15) is 34.7 Å². The molecule has 1 aromatic carbocycles. The maximum absolute atomic E-state index is 14.3. The van der Waals surface area contributed by atoms with Gasteiger partial charge in [0.05, 0.1) is 34.8 Å². The van der Waals surface area contributed by atoms with Gasteiger partial charge in [-0.3, -0.25) is 49.1 Å². The lowest BCUT2D eigenvalue weighted by molar-refractivity contribution is 0.0635. The number of imidazole rings is 2. The van der Waals surface area contributed by atoms with Gasteiger partial charge in [-0.15, -0.1) is 0 Å². The number of hydrogen-bond donors (Lipinski definition) is 5. The van der Waals surface area contributed by atoms with Gasteiger partial charge >= 0.3 is 6.09 Å². The first kappa shape index (κ1) is 44.9. The van der Waals surface area contributed by atoms with E-state index in [1.54, 1.807) is 73.6 Å². The van der Waals surface area contributed by atoms with Crippen LogP contribution >= 0.6 is 0 Å². The highest BCUT2D eigenvalue weighted by atomic mass is 16.6. The van der Waals surface area contributed by atoms with Gasteiger partial charge in [0, 0.05) is 45.0 Å². The number of methoxy groups -OCH3 is 1. The molecule has 0 saturated heterocycles. The van der Waals surface area contributed by atoms with Gasteiger partial charge in [-0.1, -0.05) is 12.2 Å². The Bertz CT molecular complexity index is 2770. The number of ether oxygens (including phenoxy) is 3. The van der Waals surface area contributed by atoms with Crippen LogP contribution in [0.2, 0.25) is 0 Å². The van der Waals surface area contributed by atoms with Crippen LogP contribution in [0, 0.1) is 13.8 Å². The van der Waals surface area contributed by atoms with E-state index in [9.17, 15) is 24.0 Å². The van der Waals surface area contributed by atoms with Gasteiger partial charge < -0.3 is 30.2 Å². The second kappa shape index (κ2) is 18.6. The molecule has 0 bridgehead atoms. The molecule has 0 saturated carbocycles. The minimum Gasteiger partial charge on any atom is -0.489 e. The van der Waals surface area contributed by atoms with Crippen LogP contribution in [-0.4, -0.2) is 99.3 Å². The van der Waals surface area contributed by atoms with E-state index in [1.807, 2.05) is 6.92 Å². The summed E-state index contributed by atoms with van der Waals surface area (Å²) in [5.74, 6) is -2.11. The lowest BCUT2D eigenvalue weighted by Gasteiger charge is -2.20. The highest BCUT2D eigenvalue weighted by Crippen LogP contribution is 2.32. The molecule has 5 heterocycles. The van der Waals surface area contributed by atoms with Gasteiger partial charge in [-0.05, 0) is 72.7 Å². The number of nitrogens with one attached hydrogen (secondary N) is 3. The van der Waals surface area contributed by atoms with Crippen molar-refractivity contribution in [3.8, 4) is 5.75 Å². The average Bonchev–Trinajstić information content (AvgIpc) is 3.96. The molecule has 22 nitrogen and oxygen atoms in total. The van der Waals surface area contributed by atoms with Gasteiger partial charge in [0.2, 0.25) is 23.7 Å². The number of benzene rings is 1. The van der Waals surface area contributed by atoms with Crippen LogP contribution in [0.3, 0.4) is 0 Å². The Morgan fingerprint density at radius 2 is 1.41 bits per heavy atom. The monoisotopic (exact) mass is 866 g/mol. The summed E-state index contributed by atoms with van der Waals surface area (Å²) < 4.78 is 23.1. The second-order valence-electron chi connectivity index (χ2n) is 15.2. The van der Waals surface area contributed by atoms with Crippen LogP contribution in [-0.2, 0) is 35.7 Å². The summed E-state index contributed by atoms with van der Waals surface area (Å²) in [4.78, 5) is 78.9. The molecule has 0 aliphatic rings. The molecule has 0 unspecified atom stereocenters. The largest absolute Gasteiger partial charge is 0.489 e. The maximum Gasteiger partial charge on any atom is 0.412 e. The zero-order valence-electron chi connectivity index (χ0n) is 36.2. The number of aromatic nitrogens is 9. The summed E-state index contributed by atoms with van der Waals surface area (Å²) in [6, 6.07) is 6.11. The van der Waals surface area contributed by atoms with E-state index in [1.165, 1.54) is 36.2 Å². The van der Waals surface area contributed by atoms with Crippen molar-refractivity contribution in [2.75, 3.05) is 36.3 Å². The number of carbonyl (C=O) groups excluding carboxylic acids is 5. The van der Waals surface area contributed by atoms with E-state index >= 15 is 0 Å². The fourth-order valence-electron chi connectivity index (χ4n) is 6.66. The summed E-state index contributed by atoms with van der Waals surface area (Å²) in [6.07, 6.45) is 4.11. The lowest BCUT2D eigenvalue weighted by Crippen LogP contribution is -2.28. The number of anilines is 3. The van der Waals surface area contributed by atoms with Crippen LogP contribution in [0.1, 0.15) is 87.7 Å². The Kier molecular flexibility index (Phi) is 13.2. The second-order valence-corrected chi connectivity index (χ2v) is 15.2. The molecule has 0 radical (unpaired) electrons. The number of carbonyl (C=O) groups is 5. The Hall–Kier alpha value is -7.62. The van der Waals surface area contributed by atoms with Crippen LogP contribution in [0.15, 0.2) is 42.6 Å². The first-order chi connectivity index (χ1) is 29.9. The number of hydrogen-bond acceptors (Lipinski definition) is 13. The third-order valence-electron chi connectivity index (χ3n) is 9.40. The van der Waals surface area contributed by atoms with Gasteiger partial charge in [-0.25, -0.2) is 19.7 Å². The number of amides is 5. The Morgan fingerprint density at radius 1 is 0.778 bits per heavy atom. The number of fused-ring (bicyclic) bond motifs is 2. The number of pyridine rings is 1. The van der Waals surface area contributed by atoms with Crippen molar-refractivity contribution >= 4 is 69.5 Å². The van der Waals surface area contributed by atoms with E-state index in [0.29, 0.717) is 40.3 Å². The van der Waals surface area contributed by atoms with Crippen LogP contribution in [0.4, 0.5) is 22.4 Å². The van der Waals surface area contributed by atoms with E-state index < -0.39 is 35.3 Å². The standard InChI is InChI=1S/C41H50N14O8/c1-9-54-28(17-22(3)50-54)36(58)48-39-46-27-19-25(34(43)57)21-44-35(27)53(39)14-12-11-13-52-31-26(18-24(33(42)56)20-29(31)62-16-15-61-8)45-38(52)49-37(59)32-30(23(4)51-55(32)10-2)47-40(60)63-41(5,6)7/h11-12,17-21H,9-10,13-16H2,1-8H3,(H2,42,56)(H2,43,57)(H,47,60)(H,45,49,59)(H,46,48,58)/b12-11+. The Balaban J connectivity index is 1.40. The molecule has 0 aliphatic heterocycles. The molecule has 63 heavy (non-hydrogen) atoms. The summed E-state index contributed by atoms with van der Waals surface area (Å²) in [6.45, 7) is 13.5. The van der Waals surface area contributed by atoms with Gasteiger partial charge in [0.25, 0.3) is 11.8 Å². The number of nitrogens with two attached hydrogens (primary N) is 2. The predicted octanol–water partition coefficient (Wildman–Crippen LogP) is 4.16. The highest BCUT2D eigenvalue weighted by molar-refractivity contribution is 6.09. The first-order valence-electron chi connectivity index (χ1n) is 19.9. The van der Waals surface area contributed by atoms with E-state index in [4.69, 9.17) is 30.7 Å². The fourth-order valence-corrected chi connectivity index (χ4v) is 6.66. The number of nitrogens with zero attached hydrogens (tertiary/aromatic N) is 9. The number of allylic oxidation sites excluding steroid dienone is 2. The van der Waals surface area contributed by atoms with Crippen LogP contribution in [0.25, 0.3) is 22.2 Å². The summed E-state index contributed by atoms with van der Waals surface area (Å²) in [5.41, 5.74) is 13.6. The zero-order valence-corrected chi connectivity index (χ0v) is 36.2. The summed E-state index contributed by atoms with van der Waals surface area (Å²) in [5, 5.41) is 17.2. The smallest absolute Gasteiger partial charge is 0.412 e. The molecule has 0 spiro atoms. The highest BCUT2D eigenvalue weighted by Gasteiger charge is 2.28. The molecule has 22 heteroatoms. The molecule has 0 atom stereocenters. The van der Waals surface area contributed by atoms with Crippen molar-refractivity contribution in [2.24, 2.45) is 11.5 Å². The molecule has 6 rings (SSSR count). The van der Waals surface area contributed by atoms with Crippen molar-refractivity contribution in [2.45, 2.75) is 80.2 Å². The third kappa shape index (κ3) is 9.96. The average molecular weight is 867 g/mol. The lowest BCUT2D eigenvalue weighted by atomic mass is 10.1. The first-order valence-corrected chi connectivity index (χ1v) is 19.9. The minimum atomic E-state index is -0.809. The zero-order chi connectivity index (χ0) is 45.7. The van der Waals surface area contributed by atoms with Gasteiger partial charge in [-0.2, -0.15) is 10.2 Å². The minimum absolute atomic E-state index is 0.0371. The van der Waals surface area contributed by atoms with E-state index in [0.717, 1.165) is 0 Å². The molecule has 5 aromatic heterocycles. The van der Waals surface area contributed by atoms with E-state index in [-0.39, 0.29) is 78.5 Å². The molecule has 0 fully saturated rings. The molecule has 332 valence electrons. The number of aryl methyl sites for hydroxylation is 4. The maximum atomic E-state index is 14.3. The van der Waals surface area contributed by atoms with Crippen molar-refractivity contribution in [1.82, 2.24) is 43.6 Å². The Morgan fingerprint density at radius 3 is 2.06 bits per heavy atom. The van der Waals surface area contributed by atoms with Crippen LogP contribution < -0.4 is 32.2 Å². The fraction of sp³-hybridized carbons (Fsp3) is 0.366. The van der Waals surface area contributed by atoms with Crippen molar-refractivity contribution < 1.29 is 38.2 Å². The molecule has 6 aromatic rings. The number of rotatable bonds is 17. The summed E-state index contributed by atoms with van der Waals surface area (Å²) in [7, 11) is 1.52. The molecule has 0 aliphatic carbocycles. The van der Waals surface area contributed by atoms with E-state index in [2.05, 4.69) is 36.1 Å². The summed E-state index contributed by atoms with van der Waals surface area (Å²) >= 11 is 0. The molecule has 7 N–H and O–H groups in total. The molecular weight excluding hydrogens is 817 g/mol. The Labute approximate surface area is 360 Å². The normalized spacial score (nSPS) is 11.7. The number of primary amides is 2. The third-order valence-corrected chi connectivity index (χ3v) is 9.40. The molecular formula is C41H50N14O8. The van der Waals surface area contributed by atoms with Crippen LogP contribution in [0.5, 0.6) is 5.75 Å². The topological polar surface area (TPSA) is 285 Å². The SMILES string of the molecule is CCn1nc(C)cc1C(=O)Nc1nc2cc(C(N)=O)cnc2n1C/C=C/Cn1c(NC(=O)c2c(NC(=O)OC(C)(C)C)c(C)nn2CC)nc2cc(C(N)=O)cc(OCCOC)c21. The van der Waals surface area contributed by atoms with Crippen molar-refractivity contribution in [3.05, 3.63) is 76.5 Å². The van der Waals surface area contributed by atoms with Crippen molar-refractivity contribution in [1.29, 1.82) is 0 Å². The quantitative estimate of drug-likeness (QED) is 0.0637. The molecule has 5 amide bonds. The van der Waals surface area contributed by atoms with Crippen molar-refractivity contribution in [3.63, 3.8) is 0 Å². The van der Waals surface area contributed by atoms with Gasteiger partial charge in [0.15, 0.2) is 11.3 Å².